The summed E-state index contributed by atoms with van der Waals surface area (Å²) >= 11 is 0. The van der Waals surface area contributed by atoms with Crippen molar-refractivity contribution in [3.05, 3.63) is 257 Å². The third kappa shape index (κ3) is 7.15. The number of para-hydroxylation sites is 4. The topological polar surface area (TPSA) is 32.8 Å². The molecular formula is C70H52F2N2O2. The molecule has 14 rings (SSSR count). The minimum absolute atomic E-state index is 0.113. The molecule has 0 aliphatic heterocycles. The fraction of sp³-hybridized carbons (Fsp3) is 0.114. The van der Waals surface area contributed by atoms with Gasteiger partial charge in [-0.1, -0.05) is 173 Å². The van der Waals surface area contributed by atoms with E-state index in [0.717, 1.165) is 94.7 Å². The Hall–Kier alpha value is -9.00. The van der Waals surface area contributed by atoms with Crippen molar-refractivity contribution in [3.8, 4) is 22.3 Å². The maximum Gasteiger partial charge on any atom is 0.159 e. The van der Waals surface area contributed by atoms with E-state index in [0.29, 0.717) is 11.1 Å². The first-order valence-corrected chi connectivity index (χ1v) is 26.3. The highest BCUT2D eigenvalue weighted by atomic mass is 19.1. The molecule has 0 N–H and O–H groups in total. The third-order valence-electron chi connectivity index (χ3n) is 15.9. The molecule has 2 heterocycles. The average Bonchev–Trinajstić information content (AvgIpc) is 4.17. The molecule has 3 aliphatic rings. The van der Waals surface area contributed by atoms with Gasteiger partial charge in [-0.2, -0.15) is 0 Å². The van der Waals surface area contributed by atoms with Crippen molar-refractivity contribution in [1.82, 2.24) is 0 Å². The summed E-state index contributed by atoms with van der Waals surface area (Å²) < 4.78 is 46.3. The molecule has 0 saturated carbocycles. The molecule has 0 saturated heterocycles. The van der Waals surface area contributed by atoms with Crippen LogP contribution in [0.4, 0.5) is 37.2 Å². The third-order valence-corrected chi connectivity index (χ3v) is 15.9. The van der Waals surface area contributed by atoms with E-state index < -0.39 is 0 Å². The molecule has 2 atom stereocenters. The second-order valence-electron chi connectivity index (χ2n) is 20.9. The first kappa shape index (κ1) is 45.6. The summed E-state index contributed by atoms with van der Waals surface area (Å²) in [5, 5.41) is 4.08. The van der Waals surface area contributed by atoms with Crippen LogP contribution in [0.25, 0.3) is 78.3 Å². The normalized spacial score (nSPS) is 15.7. The Morgan fingerprint density at radius 2 is 0.987 bits per heavy atom. The first-order valence-electron chi connectivity index (χ1n) is 26.3. The van der Waals surface area contributed by atoms with Gasteiger partial charge >= 0.3 is 0 Å². The smallest absolute Gasteiger partial charge is 0.159 e. The van der Waals surface area contributed by atoms with Gasteiger partial charge in [-0.3, -0.25) is 0 Å². The number of benzene rings is 9. The van der Waals surface area contributed by atoms with Crippen molar-refractivity contribution < 1.29 is 17.6 Å². The van der Waals surface area contributed by atoms with Crippen molar-refractivity contribution in [2.24, 2.45) is 11.8 Å². The van der Waals surface area contributed by atoms with E-state index in [1.165, 1.54) is 27.8 Å². The number of anilines is 5. The molecule has 11 aromatic rings. The Balaban J connectivity index is 1.03. The highest BCUT2D eigenvalue weighted by Crippen LogP contribution is 2.58. The van der Waals surface area contributed by atoms with Gasteiger partial charge in [-0.15, -0.1) is 0 Å². The van der Waals surface area contributed by atoms with Gasteiger partial charge in [-0.25, -0.2) is 8.78 Å². The second-order valence-corrected chi connectivity index (χ2v) is 20.9. The van der Waals surface area contributed by atoms with Crippen LogP contribution in [0.15, 0.2) is 232 Å². The molecule has 368 valence electrons. The number of hydrogen-bond acceptors (Lipinski definition) is 4. The minimum Gasteiger partial charge on any atom is -0.454 e. The Bertz CT molecular complexity index is 4290. The van der Waals surface area contributed by atoms with Gasteiger partial charge in [0.15, 0.2) is 11.2 Å². The predicted octanol–water partition coefficient (Wildman–Crippen LogP) is 20.1. The maximum atomic E-state index is 16.3. The molecule has 0 bridgehead atoms. The van der Waals surface area contributed by atoms with Crippen LogP contribution in [0.5, 0.6) is 0 Å². The van der Waals surface area contributed by atoms with Crippen LogP contribution < -0.4 is 9.80 Å². The van der Waals surface area contributed by atoms with Gasteiger partial charge in [0.2, 0.25) is 0 Å². The minimum atomic E-state index is -0.295. The number of fused-ring (bicyclic) bond motifs is 6. The van der Waals surface area contributed by atoms with Crippen molar-refractivity contribution >= 4 is 84.5 Å². The highest BCUT2D eigenvalue weighted by Gasteiger charge is 2.43. The molecule has 2 aromatic heterocycles. The van der Waals surface area contributed by atoms with Crippen LogP contribution >= 0.6 is 0 Å². The van der Waals surface area contributed by atoms with E-state index >= 15 is 8.78 Å². The number of rotatable bonds is 10. The first-order chi connectivity index (χ1) is 37.2. The Labute approximate surface area is 440 Å². The number of allylic oxidation sites excluding steroid dienone is 5. The van der Waals surface area contributed by atoms with Gasteiger partial charge in [0.05, 0.1) is 17.1 Å². The summed E-state index contributed by atoms with van der Waals surface area (Å²) in [6.07, 6.45) is 11.8. The van der Waals surface area contributed by atoms with Crippen LogP contribution in [-0.4, -0.2) is 0 Å². The van der Waals surface area contributed by atoms with E-state index in [9.17, 15) is 0 Å². The van der Waals surface area contributed by atoms with Gasteiger partial charge in [-0.05, 0) is 124 Å². The molecule has 6 heteroatoms. The van der Waals surface area contributed by atoms with Crippen molar-refractivity contribution in [3.63, 3.8) is 0 Å². The highest BCUT2D eigenvalue weighted by molar-refractivity contribution is 6.12. The van der Waals surface area contributed by atoms with E-state index in [4.69, 9.17) is 8.83 Å². The summed E-state index contributed by atoms with van der Waals surface area (Å²) in [5.41, 5.74) is 18.4. The quantitative estimate of drug-likeness (QED) is 0.137. The monoisotopic (exact) mass is 990 g/mol. The average molecular weight is 991 g/mol. The van der Waals surface area contributed by atoms with Crippen LogP contribution in [0.1, 0.15) is 61.8 Å². The van der Waals surface area contributed by atoms with Crippen LogP contribution in [0, 0.1) is 23.5 Å². The largest absolute Gasteiger partial charge is 0.454 e. The molecule has 9 aromatic carbocycles. The number of furan rings is 2. The van der Waals surface area contributed by atoms with Gasteiger partial charge in [0.25, 0.3) is 0 Å². The molecule has 2 unspecified atom stereocenters. The van der Waals surface area contributed by atoms with Crippen LogP contribution in [0.3, 0.4) is 0 Å². The maximum absolute atomic E-state index is 16.3. The Morgan fingerprint density at radius 1 is 0.461 bits per heavy atom. The van der Waals surface area contributed by atoms with Crippen molar-refractivity contribution in [2.45, 2.75) is 39.5 Å². The molecule has 3 aliphatic carbocycles. The van der Waals surface area contributed by atoms with Crippen LogP contribution in [-0.2, 0) is 0 Å². The Morgan fingerprint density at radius 3 is 1.55 bits per heavy atom. The lowest BCUT2D eigenvalue weighted by molar-refractivity contribution is 0.592. The van der Waals surface area contributed by atoms with Gasteiger partial charge in [0, 0.05) is 67.1 Å². The zero-order valence-corrected chi connectivity index (χ0v) is 42.6. The van der Waals surface area contributed by atoms with Gasteiger partial charge < -0.3 is 18.6 Å². The fourth-order valence-corrected chi connectivity index (χ4v) is 12.4. The lowest BCUT2D eigenvalue weighted by Crippen LogP contribution is -2.33. The van der Waals surface area contributed by atoms with Crippen molar-refractivity contribution in [2.75, 3.05) is 9.80 Å². The molecule has 0 radical (unpaired) electrons. The van der Waals surface area contributed by atoms with Crippen LogP contribution in [0.2, 0.25) is 0 Å². The second kappa shape index (κ2) is 17.8. The molecular weight excluding hydrogens is 939 g/mol. The molecule has 0 fully saturated rings. The number of halogens is 2. The number of nitrogens with zero attached hydrogens (tertiary/aromatic N) is 2. The van der Waals surface area contributed by atoms with E-state index in [2.05, 4.69) is 122 Å². The number of hydrogen-bond donors (Lipinski definition) is 0. The summed E-state index contributed by atoms with van der Waals surface area (Å²) in [6, 6.07) is 62.0. The summed E-state index contributed by atoms with van der Waals surface area (Å²) in [5.74, 6) is -0.584. The van der Waals surface area contributed by atoms with Gasteiger partial charge in [0.1, 0.15) is 22.8 Å². The van der Waals surface area contributed by atoms with E-state index in [1.807, 2.05) is 121 Å². The molecule has 0 amide bonds. The van der Waals surface area contributed by atoms with Crippen molar-refractivity contribution in [1.29, 1.82) is 0 Å². The summed E-state index contributed by atoms with van der Waals surface area (Å²) in [6.45, 7) is 9.10. The summed E-state index contributed by atoms with van der Waals surface area (Å²) in [4.78, 5) is 4.63. The fourth-order valence-electron chi connectivity index (χ4n) is 12.4. The molecule has 4 nitrogen and oxygen atoms in total. The lowest BCUT2D eigenvalue weighted by Gasteiger charge is -2.45. The molecule has 76 heavy (non-hydrogen) atoms. The zero-order chi connectivity index (χ0) is 51.3. The Kier molecular flexibility index (Phi) is 10.7. The standard InChI is InChI=1S/C70H52F2N2O2/c1-41(2)55-39-63(73(45-29-35-59(71)57(37-45)43-17-7-5-8-18-43)61-25-15-23-51-47-21-11-13-27-65(47)75-69(51)61)53-34-32-50-56(42(3)4)40-64(54-33-31-49(55)67(53)68(50)54)74(46-30-36-60(72)58(38-46)44-19-9-6-10-20-44)62-26-16-24-52-48-22-12-14-28-66(48)76-70(52)62/h5-42,53,67H,1-4H3. The predicted molar refractivity (Wildman–Crippen MR) is 310 cm³/mol. The van der Waals surface area contributed by atoms with E-state index in [1.54, 1.807) is 12.1 Å². The lowest BCUT2D eigenvalue weighted by atomic mass is 9.63. The molecule has 0 spiro atoms. The summed E-state index contributed by atoms with van der Waals surface area (Å²) in [7, 11) is 0. The van der Waals surface area contributed by atoms with E-state index in [-0.39, 0.29) is 35.3 Å². The zero-order valence-electron chi connectivity index (χ0n) is 42.6. The SMILES string of the molecule is CC(C)C1=C2C=Cc3c(N(c4ccc(F)c(-c5ccccc5)c4)c4cccc5c4oc4ccccc45)cc(C(C)C)c4c3C2C(C=C4)C(N(c2ccc(F)c(-c3ccccc3)c2)c2cccc3c2oc2ccccc23)=C1.